The number of pyridine rings is 1. The maximum atomic E-state index is 12.9. The lowest BCUT2D eigenvalue weighted by Gasteiger charge is -2.37. The molecule has 32 heavy (non-hydrogen) atoms. The Morgan fingerprint density at radius 2 is 1.94 bits per heavy atom. The highest BCUT2D eigenvalue weighted by Gasteiger charge is 2.32. The zero-order valence-corrected chi connectivity index (χ0v) is 17.2. The molecule has 0 saturated heterocycles. The molecule has 0 spiro atoms. The summed E-state index contributed by atoms with van der Waals surface area (Å²) in [6, 6.07) is 12.0. The van der Waals surface area contributed by atoms with E-state index < -0.39 is 23.7 Å². The topological polar surface area (TPSA) is 74.7 Å². The van der Waals surface area contributed by atoms with E-state index >= 15 is 0 Å². The predicted octanol–water partition coefficient (Wildman–Crippen LogP) is 4.90. The number of fused-ring (bicyclic) bond motifs is 1. The van der Waals surface area contributed by atoms with E-state index in [-0.39, 0.29) is 30.2 Å². The average molecular weight is 464 g/mol. The predicted molar refractivity (Wildman–Crippen MR) is 114 cm³/mol. The smallest absolute Gasteiger partial charge is 0.416 e. The van der Waals surface area contributed by atoms with Crippen molar-refractivity contribution in [2.75, 3.05) is 23.4 Å². The minimum Gasteiger partial charge on any atom is -0.488 e. The van der Waals surface area contributed by atoms with Gasteiger partial charge < -0.3 is 20.1 Å². The number of aromatic nitrogens is 1. The van der Waals surface area contributed by atoms with Crippen molar-refractivity contribution in [3.05, 3.63) is 76.9 Å². The first-order chi connectivity index (χ1) is 15.3. The van der Waals surface area contributed by atoms with E-state index in [1.807, 2.05) is 0 Å². The largest absolute Gasteiger partial charge is 0.488 e. The number of anilines is 3. The molecule has 0 aliphatic carbocycles. The monoisotopic (exact) mass is 463 g/mol. The summed E-state index contributed by atoms with van der Waals surface area (Å²) in [6.45, 7) is -0.121. The standard InChI is InChI=1S/C22H17ClF3N3O3/c23-14-6-9-19(27-10-14)29-16(11-30)12-32-20-17(2-1-3-18(20)29)21(31)28-15-7-4-13(5-8-15)22(24,25)26/h1-10,16,30H,11-12H2,(H,28,31). The number of aliphatic hydroxyl groups is 1. The van der Waals surface area contributed by atoms with Crippen LogP contribution in [-0.2, 0) is 6.18 Å². The third-order valence-electron chi connectivity index (χ3n) is 4.92. The quantitative estimate of drug-likeness (QED) is 0.576. The SMILES string of the molecule is O=C(Nc1ccc(C(F)(F)F)cc1)c1cccc2c1OCC(CO)N2c1ccc(Cl)cn1. The molecule has 4 rings (SSSR count). The van der Waals surface area contributed by atoms with E-state index in [1.54, 1.807) is 35.2 Å². The Morgan fingerprint density at radius 1 is 1.19 bits per heavy atom. The van der Waals surface area contributed by atoms with Gasteiger partial charge in [-0.3, -0.25) is 4.79 Å². The van der Waals surface area contributed by atoms with Gasteiger partial charge in [0.05, 0.1) is 34.5 Å². The summed E-state index contributed by atoms with van der Waals surface area (Å²) in [4.78, 5) is 19.0. The number of carbonyl (C=O) groups is 1. The lowest BCUT2D eigenvalue weighted by Crippen LogP contribution is -2.43. The molecule has 6 nitrogen and oxygen atoms in total. The summed E-state index contributed by atoms with van der Waals surface area (Å²) in [6.07, 6.45) is -2.99. The number of aliphatic hydroxyl groups excluding tert-OH is 1. The Balaban J connectivity index is 1.65. The minimum atomic E-state index is -4.46. The zero-order chi connectivity index (χ0) is 22.9. The van der Waals surface area contributed by atoms with Gasteiger partial charge in [0.15, 0.2) is 5.75 Å². The first-order valence-electron chi connectivity index (χ1n) is 9.54. The van der Waals surface area contributed by atoms with Crippen LogP contribution in [0.25, 0.3) is 0 Å². The number of hydrogen-bond acceptors (Lipinski definition) is 5. The van der Waals surface area contributed by atoms with Crippen molar-refractivity contribution in [3.63, 3.8) is 0 Å². The van der Waals surface area contributed by atoms with Crippen molar-refractivity contribution in [2.45, 2.75) is 12.2 Å². The minimum absolute atomic E-state index is 0.0956. The Morgan fingerprint density at radius 3 is 2.56 bits per heavy atom. The molecule has 2 heterocycles. The van der Waals surface area contributed by atoms with E-state index in [2.05, 4.69) is 10.3 Å². The van der Waals surface area contributed by atoms with Crippen LogP contribution in [0.4, 0.5) is 30.4 Å². The van der Waals surface area contributed by atoms with Crippen molar-refractivity contribution in [1.82, 2.24) is 4.98 Å². The van der Waals surface area contributed by atoms with Crippen molar-refractivity contribution in [1.29, 1.82) is 0 Å². The number of halogens is 4. The second-order valence-electron chi connectivity index (χ2n) is 7.04. The number of ether oxygens (including phenoxy) is 1. The first kappa shape index (κ1) is 21.9. The van der Waals surface area contributed by atoms with Crippen LogP contribution in [0.1, 0.15) is 15.9 Å². The molecular weight excluding hydrogens is 447 g/mol. The number of nitrogens with one attached hydrogen (secondary N) is 1. The lowest BCUT2D eigenvalue weighted by molar-refractivity contribution is -0.137. The maximum Gasteiger partial charge on any atom is 0.416 e. The molecule has 0 bridgehead atoms. The molecule has 3 aromatic rings. The summed E-state index contributed by atoms with van der Waals surface area (Å²) in [5.41, 5.74) is 0.112. The fraction of sp³-hybridized carbons (Fsp3) is 0.182. The molecule has 0 saturated carbocycles. The molecule has 1 unspecified atom stereocenters. The highest BCUT2D eigenvalue weighted by atomic mass is 35.5. The summed E-state index contributed by atoms with van der Waals surface area (Å²) in [7, 11) is 0. The maximum absolute atomic E-state index is 12.9. The molecule has 0 fully saturated rings. The van der Waals surface area contributed by atoms with Crippen LogP contribution in [0.15, 0.2) is 60.8 Å². The van der Waals surface area contributed by atoms with Gasteiger partial charge in [-0.05, 0) is 48.5 Å². The van der Waals surface area contributed by atoms with Crippen LogP contribution in [0.5, 0.6) is 5.75 Å². The van der Waals surface area contributed by atoms with Gasteiger partial charge in [0.2, 0.25) is 0 Å². The van der Waals surface area contributed by atoms with Crippen molar-refractivity contribution < 1.29 is 27.8 Å². The molecule has 1 aromatic heterocycles. The van der Waals surface area contributed by atoms with Crippen LogP contribution >= 0.6 is 11.6 Å². The van der Waals surface area contributed by atoms with Gasteiger partial charge in [-0.1, -0.05) is 17.7 Å². The van der Waals surface area contributed by atoms with Gasteiger partial charge in [0.1, 0.15) is 12.4 Å². The Labute approximate surface area is 186 Å². The number of hydrogen-bond donors (Lipinski definition) is 2. The van der Waals surface area contributed by atoms with Crippen LogP contribution in [0, 0.1) is 0 Å². The highest BCUT2D eigenvalue weighted by molar-refractivity contribution is 6.30. The number of amides is 1. The van der Waals surface area contributed by atoms with Crippen molar-refractivity contribution in [3.8, 4) is 5.75 Å². The summed E-state index contributed by atoms with van der Waals surface area (Å²) >= 11 is 5.93. The van der Waals surface area contributed by atoms with Crippen LogP contribution in [-0.4, -0.2) is 35.3 Å². The third-order valence-corrected chi connectivity index (χ3v) is 5.15. The van der Waals surface area contributed by atoms with Gasteiger partial charge in [-0.25, -0.2) is 4.98 Å². The summed E-state index contributed by atoms with van der Waals surface area (Å²) in [5, 5.41) is 12.9. The lowest BCUT2D eigenvalue weighted by atomic mass is 10.1. The molecule has 0 radical (unpaired) electrons. The van der Waals surface area contributed by atoms with Crippen LogP contribution in [0.3, 0.4) is 0 Å². The zero-order valence-electron chi connectivity index (χ0n) is 16.4. The molecule has 166 valence electrons. The normalized spacial score (nSPS) is 15.7. The van der Waals surface area contributed by atoms with E-state index in [9.17, 15) is 23.1 Å². The molecule has 1 atom stereocenters. The second-order valence-corrected chi connectivity index (χ2v) is 7.47. The number of carbonyl (C=O) groups excluding carboxylic acids is 1. The van der Waals surface area contributed by atoms with Crippen molar-refractivity contribution in [2.24, 2.45) is 0 Å². The highest BCUT2D eigenvalue weighted by Crippen LogP contribution is 2.41. The number of rotatable bonds is 4. The number of benzene rings is 2. The van der Waals surface area contributed by atoms with Gasteiger partial charge in [0, 0.05) is 11.9 Å². The third kappa shape index (κ3) is 4.35. The first-order valence-corrected chi connectivity index (χ1v) is 9.92. The molecule has 2 aromatic carbocycles. The van der Waals surface area contributed by atoms with Gasteiger partial charge >= 0.3 is 6.18 Å². The van der Waals surface area contributed by atoms with Crippen LogP contribution < -0.4 is 15.0 Å². The van der Waals surface area contributed by atoms with Gasteiger partial charge in [-0.15, -0.1) is 0 Å². The van der Waals surface area contributed by atoms with Crippen LogP contribution in [0.2, 0.25) is 5.02 Å². The van der Waals surface area contributed by atoms with E-state index in [1.165, 1.54) is 18.3 Å². The number of alkyl halides is 3. The fourth-order valence-electron chi connectivity index (χ4n) is 3.39. The molecule has 1 amide bonds. The van der Waals surface area contributed by atoms with Gasteiger partial charge in [-0.2, -0.15) is 13.2 Å². The Kier molecular flexibility index (Phi) is 5.94. The Bertz CT molecular complexity index is 1120. The number of nitrogens with zero attached hydrogens (tertiary/aromatic N) is 2. The molecule has 10 heteroatoms. The molecule has 1 aliphatic heterocycles. The Hall–Kier alpha value is -3.30. The fourth-order valence-corrected chi connectivity index (χ4v) is 3.50. The van der Waals surface area contributed by atoms with Gasteiger partial charge in [0.25, 0.3) is 5.91 Å². The van der Waals surface area contributed by atoms with E-state index in [4.69, 9.17) is 16.3 Å². The molecular formula is C22H17ClF3N3O3. The summed E-state index contributed by atoms with van der Waals surface area (Å²) in [5.74, 6) is 0.240. The average Bonchev–Trinajstić information content (AvgIpc) is 2.78. The van der Waals surface area contributed by atoms with E-state index in [0.29, 0.717) is 16.5 Å². The van der Waals surface area contributed by atoms with Crippen molar-refractivity contribution >= 4 is 34.7 Å². The number of para-hydroxylation sites is 1. The molecule has 1 aliphatic rings. The van der Waals surface area contributed by atoms with E-state index in [0.717, 1.165) is 12.1 Å². The summed E-state index contributed by atoms with van der Waals surface area (Å²) < 4.78 is 44.1. The molecule has 2 N–H and O–H groups in total. The second kappa shape index (κ2) is 8.68.